The molecule has 0 amide bonds. The summed E-state index contributed by atoms with van der Waals surface area (Å²) < 4.78 is 36.1. The number of halogens is 3. The molecule has 0 atom stereocenters. The highest BCUT2D eigenvalue weighted by atomic mass is 35.5. The van der Waals surface area contributed by atoms with Crippen LogP contribution < -0.4 is 4.74 Å². The van der Waals surface area contributed by atoms with Crippen LogP contribution in [0.2, 0.25) is 5.02 Å². The molecule has 0 aliphatic heterocycles. The van der Waals surface area contributed by atoms with E-state index in [4.69, 9.17) is 16.3 Å². The molecule has 0 saturated carbocycles. The molecule has 3 heterocycles. The highest BCUT2D eigenvalue weighted by molar-refractivity contribution is 6.31. The molecule has 1 aromatic carbocycles. The van der Waals surface area contributed by atoms with Crippen molar-refractivity contribution in [2.24, 2.45) is 0 Å². The van der Waals surface area contributed by atoms with Crippen molar-refractivity contribution in [1.82, 2.24) is 24.3 Å². The first kappa shape index (κ1) is 17.7. The number of aromatic nitrogens is 5. The van der Waals surface area contributed by atoms with Crippen LogP contribution >= 0.6 is 11.6 Å². The molecule has 4 rings (SSSR count). The van der Waals surface area contributed by atoms with E-state index in [9.17, 15) is 8.78 Å². The van der Waals surface area contributed by atoms with Gasteiger partial charge >= 0.3 is 0 Å². The van der Waals surface area contributed by atoms with Gasteiger partial charge in [0.2, 0.25) is 0 Å². The Kier molecular flexibility index (Phi) is 4.22. The highest BCUT2D eigenvalue weighted by Gasteiger charge is 2.26. The number of methoxy groups -OCH3 is 1. The number of fused-ring (bicyclic) bond motifs is 3. The maximum atomic E-state index is 13.9. The number of alkyl halides is 2. The zero-order valence-corrected chi connectivity index (χ0v) is 15.4. The zero-order chi connectivity index (χ0) is 19.2. The van der Waals surface area contributed by atoms with Crippen molar-refractivity contribution in [3.63, 3.8) is 0 Å². The lowest BCUT2D eigenvalue weighted by molar-refractivity contribution is 0.00419. The van der Waals surface area contributed by atoms with Crippen molar-refractivity contribution in [3.05, 3.63) is 47.6 Å². The summed E-state index contributed by atoms with van der Waals surface area (Å²) in [7, 11) is 1.54. The summed E-state index contributed by atoms with van der Waals surface area (Å²) in [5, 5.41) is 5.37. The molecule has 0 unspecified atom stereocenters. The third kappa shape index (κ3) is 3.44. The summed E-state index contributed by atoms with van der Waals surface area (Å²) in [4.78, 5) is 8.89. The standard InChI is InChI=1S/C18H16ClF2N5O/c1-18(20,21)10-26-16(9-25-8-12(27-2)6-23-25)24-15-7-22-14-4-3-11(19)5-13(14)17(15)26/h3-8H,9-10H2,1-2H3. The van der Waals surface area contributed by atoms with E-state index in [1.54, 1.807) is 41.5 Å². The van der Waals surface area contributed by atoms with Crippen LogP contribution in [0.5, 0.6) is 5.75 Å². The van der Waals surface area contributed by atoms with Gasteiger partial charge in [0.15, 0.2) is 5.75 Å². The molecule has 0 spiro atoms. The highest BCUT2D eigenvalue weighted by Crippen LogP contribution is 2.29. The molecule has 3 aromatic heterocycles. The Bertz CT molecular complexity index is 1130. The lowest BCUT2D eigenvalue weighted by Gasteiger charge is -2.15. The van der Waals surface area contributed by atoms with E-state index in [2.05, 4.69) is 15.1 Å². The number of benzene rings is 1. The van der Waals surface area contributed by atoms with Crippen molar-refractivity contribution >= 4 is 33.5 Å². The van der Waals surface area contributed by atoms with Gasteiger partial charge in [0.25, 0.3) is 5.92 Å². The zero-order valence-electron chi connectivity index (χ0n) is 14.7. The molecule has 9 heteroatoms. The van der Waals surface area contributed by atoms with Gasteiger partial charge in [-0.3, -0.25) is 9.67 Å². The first-order valence-corrected chi connectivity index (χ1v) is 8.59. The Morgan fingerprint density at radius 2 is 2.04 bits per heavy atom. The molecule has 0 bridgehead atoms. The topological polar surface area (TPSA) is 57.8 Å². The molecular weight excluding hydrogens is 376 g/mol. The van der Waals surface area contributed by atoms with Gasteiger partial charge in [-0.15, -0.1) is 0 Å². The first-order valence-electron chi connectivity index (χ1n) is 8.22. The molecule has 140 valence electrons. The van der Waals surface area contributed by atoms with Gasteiger partial charge in [-0.2, -0.15) is 5.10 Å². The van der Waals surface area contributed by atoms with Crippen molar-refractivity contribution in [2.75, 3.05) is 7.11 Å². The fraction of sp³-hybridized carbons (Fsp3) is 0.278. The van der Waals surface area contributed by atoms with E-state index in [0.29, 0.717) is 38.5 Å². The predicted octanol–water partition coefficient (Wildman–Crippen LogP) is 4.15. The van der Waals surface area contributed by atoms with E-state index in [1.807, 2.05) is 0 Å². The van der Waals surface area contributed by atoms with E-state index < -0.39 is 12.5 Å². The molecule has 0 aliphatic carbocycles. The summed E-state index contributed by atoms with van der Waals surface area (Å²) in [5.41, 5.74) is 1.78. The number of ether oxygens (including phenoxy) is 1. The minimum atomic E-state index is -2.92. The Morgan fingerprint density at radius 1 is 1.22 bits per heavy atom. The Morgan fingerprint density at radius 3 is 2.74 bits per heavy atom. The van der Waals surface area contributed by atoms with E-state index in [-0.39, 0.29) is 6.54 Å². The van der Waals surface area contributed by atoms with Crippen LogP contribution in [0, 0.1) is 0 Å². The fourth-order valence-corrected chi connectivity index (χ4v) is 3.26. The van der Waals surface area contributed by atoms with Crippen LogP contribution in [0.1, 0.15) is 12.7 Å². The summed E-state index contributed by atoms with van der Waals surface area (Å²) >= 11 is 6.13. The second kappa shape index (κ2) is 6.45. The van der Waals surface area contributed by atoms with Crippen LogP contribution in [0.4, 0.5) is 8.78 Å². The van der Waals surface area contributed by atoms with Crippen LogP contribution in [0.3, 0.4) is 0 Å². The van der Waals surface area contributed by atoms with Gasteiger partial charge in [-0.1, -0.05) is 11.6 Å². The molecule has 0 aliphatic rings. The maximum absolute atomic E-state index is 13.9. The second-order valence-corrected chi connectivity index (χ2v) is 6.85. The number of nitrogens with zero attached hydrogens (tertiary/aromatic N) is 5. The average Bonchev–Trinajstić information content (AvgIpc) is 3.19. The number of pyridine rings is 1. The quantitative estimate of drug-likeness (QED) is 0.513. The minimum Gasteiger partial charge on any atom is -0.493 e. The average molecular weight is 392 g/mol. The first-order chi connectivity index (χ1) is 12.8. The van der Waals surface area contributed by atoms with E-state index in [1.165, 1.54) is 11.7 Å². The SMILES string of the molecule is COc1cnn(Cc2nc3cnc4ccc(Cl)cc4c3n2CC(C)(F)F)c1. The largest absolute Gasteiger partial charge is 0.493 e. The molecular formula is C18H16ClF2N5O. The molecule has 6 nitrogen and oxygen atoms in total. The molecule has 0 N–H and O–H groups in total. The monoisotopic (exact) mass is 391 g/mol. The Balaban J connectivity index is 1.93. The van der Waals surface area contributed by atoms with Gasteiger partial charge in [0.1, 0.15) is 11.3 Å². The van der Waals surface area contributed by atoms with Gasteiger partial charge in [0.05, 0.1) is 49.8 Å². The normalized spacial score (nSPS) is 12.2. The van der Waals surface area contributed by atoms with Gasteiger partial charge < -0.3 is 9.30 Å². The summed E-state index contributed by atoms with van der Waals surface area (Å²) in [6.45, 7) is 0.592. The summed E-state index contributed by atoms with van der Waals surface area (Å²) in [5.74, 6) is -1.89. The maximum Gasteiger partial charge on any atom is 0.262 e. The van der Waals surface area contributed by atoms with Gasteiger partial charge in [-0.25, -0.2) is 13.8 Å². The number of hydrogen-bond donors (Lipinski definition) is 0. The van der Waals surface area contributed by atoms with E-state index in [0.717, 1.165) is 6.92 Å². The van der Waals surface area contributed by atoms with Crippen molar-refractivity contribution in [1.29, 1.82) is 0 Å². The molecule has 0 fully saturated rings. The fourth-order valence-electron chi connectivity index (χ4n) is 3.08. The number of rotatable bonds is 5. The third-order valence-electron chi connectivity index (χ3n) is 4.20. The Labute approximate surface area is 158 Å². The lowest BCUT2D eigenvalue weighted by atomic mass is 10.2. The molecule has 4 aromatic rings. The van der Waals surface area contributed by atoms with Gasteiger partial charge in [0, 0.05) is 17.3 Å². The van der Waals surface area contributed by atoms with Crippen molar-refractivity contribution in [3.8, 4) is 5.75 Å². The molecule has 0 saturated heterocycles. The van der Waals surface area contributed by atoms with Gasteiger partial charge in [-0.05, 0) is 18.2 Å². The third-order valence-corrected chi connectivity index (χ3v) is 4.43. The Hall–Kier alpha value is -2.74. The smallest absolute Gasteiger partial charge is 0.262 e. The number of imidazole rings is 1. The van der Waals surface area contributed by atoms with Crippen LogP contribution in [0.25, 0.3) is 21.9 Å². The lowest BCUT2D eigenvalue weighted by Crippen LogP contribution is -2.22. The number of hydrogen-bond acceptors (Lipinski definition) is 4. The minimum absolute atomic E-state index is 0.218. The van der Waals surface area contributed by atoms with Crippen molar-refractivity contribution in [2.45, 2.75) is 25.9 Å². The van der Waals surface area contributed by atoms with Crippen molar-refractivity contribution < 1.29 is 13.5 Å². The van der Waals surface area contributed by atoms with Crippen LogP contribution in [-0.4, -0.2) is 37.3 Å². The van der Waals surface area contributed by atoms with E-state index >= 15 is 0 Å². The van der Waals surface area contributed by atoms with Crippen LogP contribution in [-0.2, 0) is 13.1 Å². The summed E-state index contributed by atoms with van der Waals surface area (Å²) in [6, 6.07) is 5.20. The summed E-state index contributed by atoms with van der Waals surface area (Å²) in [6.07, 6.45) is 4.82. The second-order valence-electron chi connectivity index (χ2n) is 6.42. The molecule has 27 heavy (non-hydrogen) atoms. The molecule has 0 radical (unpaired) electrons. The van der Waals surface area contributed by atoms with Crippen LogP contribution in [0.15, 0.2) is 36.8 Å². The predicted molar refractivity (Wildman–Crippen MR) is 98.5 cm³/mol.